The molecule has 3 heterocycles. The Morgan fingerprint density at radius 1 is 1.10 bits per heavy atom. The van der Waals surface area contributed by atoms with Crippen molar-refractivity contribution in [3.8, 4) is 5.75 Å². The molecule has 0 bridgehead atoms. The van der Waals surface area contributed by atoms with Crippen LogP contribution in [0.3, 0.4) is 0 Å². The zero-order valence-electron chi connectivity index (χ0n) is 16.6. The average molecular weight is 401 g/mol. The molecule has 1 aliphatic rings. The minimum atomic E-state index is -0.256. The van der Waals surface area contributed by atoms with Crippen LogP contribution in [0, 0.1) is 12.7 Å². The molecule has 6 nitrogen and oxygen atoms in total. The fourth-order valence-electron chi connectivity index (χ4n) is 3.88. The van der Waals surface area contributed by atoms with Gasteiger partial charge in [-0.05, 0) is 37.1 Å². The normalized spacial score (nSPS) is 14.4. The van der Waals surface area contributed by atoms with Crippen LogP contribution >= 0.6 is 0 Å². The van der Waals surface area contributed by atoms with Crippen LogP contribution in [0.5, 0.6) is 5.75 Å². The van der Waals surface area contributed by atoms with Gasteiger partial charge in [-0.15, -0.1) is 0 Å². The quantitative estimate of drug-likeness (QED) is 0.521. The standard InChI is InChI=1S/C23H20FN5O/c1-13-6-3-4-7-15(13)16-10-17-18(24)8-5-9-19(17)30-21(16)14(2)29-23-20-22(26-11-25-20)27-12-28-23/h3-9,11-12,14H,10H2,1-2H3,(H2,25,26,27,28,29). The fourth-order valence-corrected chi connectivity index (χ4v) is 3.88. The van der Waals surface area contributed by atoms with Crippen LogP contribution in [0.2, 0.25) is 0 Å². The molecule has 0 amide bonds. The van der Waals surface area contributed by atoms with E-state index in [2.05, 4.69) is 25.3 Å². The largest absolute Gasteiger partial charge is 0.459 e. The first kappa shape index (κ1) is 18.3. The van der Waals surface area contributed by atoms with Gasteiger partial charge in [-0.25, -0.2) is 19.3 Å². The van der Waals surface area contributed by atoms with E-state index < -0.39 is 0 Å². The number of fused-ring (bicyclic) bond motifs is 2. The van der Waals surface area contributed by atoms with Crippen molar-refractivity contribution in [3.05, 3.63) is 83.4 Å². The third-order valence-corrected chi connectivity index (χ3v) is 5.39. The van der Waals surface area contributed by atoms with Gasteiger partial charge in [0.2, 0.25) is 0 Å². The molecule has 0 spiro atoms. The van der Waals surface area contributed by atoms with Gasteiger partial charge >= 0.3 is 0 Å². The SMILES string of the molecule is Cc1ccccc1C1=C(C(C)Nc2ncnc3nc[nH]c23)Oc2cccc(F)c2C1. The van der Waals surface area contributed by atoms with Gasteiger partial charge in [-0.1, -0.05) is 30.3 Å². The molecule has 7 heteroatoms. The molecule has 0 fully saturated rings. The van der Waals surface area contributed by atoms with Gasteiger partial charge in [0.25, 0.3) is 0 Å². The Labute approximate surface area is 172 Å². The Kier molecular flexibility index (Phi) is 4.43. The van der Waals surface area contributed by atoms with Gasteiger partial charge < -0.3 is 15.0 Å². The Balaban J connectivity index is 1.60. The molecule has 1 aliphatic heterocycles. The molecule has 2 aromatic heterocycles. The third kappa shape index (κ3) is 3.08. The molecule has 1 atom stereocenters. The van der Waals surface area contributed by atoms with E-state index in [0.717, 1.165) is 28.0 Å². The van der Waals surface area contributed by atoms with Gasteiger partial charge in [-0.2, -0.15) is 0 Å². The highest BCUT2D eigenvalue weighted by Crippen LogP contribution is 2.38. The predicted octanol–water partition coefficient (Wildman–Crippen LogP) is 4.65. The number of ether oxygens (including phenoxy) is 1. The van der Waals surface area contributed by atoms with Gasteiger partial charge in [0.15, 0.2) is 11.5 Å². The average Bonchev–Trinajstić information content (AvgIpc) is 3.24. The molecule has 0 aliphatic carbocycles. The zero-order chi connectivity index (χ0) is 20.7. The molecular weight excluding hydrogens is 381 g/mol. The number of aryl methyl sites for hydroxylation is 1. The van der Waals surface area contributed by atoms with Crippen molar-refractivity contribution >= 4 is 22.6 Å². The summed E-state index contributed by atoms with van der Waals surface area (Å²) in [5.41, 5.74) is 5.00. The highest BCUT2D eigenvalue weighted by molar-refractivity contribution is 5.83. The zero-order valence-corrected chi connectivity index (χ0v) is 16.6. The second kappa shape index (κ2) is 7.26. The van der Waals surface area contributed by atoms with Crippen LogP contribution in [0.15, 0.2) is 60.9 Å². The maximum absolute atomic E-state index is 14.5. The first-order valence-electron chi connectivity index (χ1n) is 9.76. The van der Waals surface area contributed by atoms with Crippen molar-refractivity contribution in [2.75, 3.05) is 5.32 Å². The van der Waals surface area contributed by atoms with Gasteiger partial charge in [0, 0.05) is 17.6 Å². The molecule has 30 heavy (non-hydrogen) atoms. The summed E-state index contributed by atoms with van der Waals surface area (Å²) in [6.07, 6.45) is 3.52. The summed E-state index contributed by atoms with van der Waals surface area (Å²) in [6.45, 7) is 4.05. The van der Waals surface area contributed by atoms with Crippen molar-refractivity contribution in [2.45, 2.75) is 26.3 Å². The van der Waals surface area contributed by atoms with Crippen LogP contribution in [-0.4, -0.2) is 26.0 Å². The number of allylic oxidation sites excluding steroid dienone is 1. The maximum Gasteiger partial charge on any atom is 0.182 e. The topological polar surface area (TPSA) is 75.7 Å². The number of halogens is 1. The lowest BCUT2D eigenvalue weighted by Crippen LogP contribution is -2.27. The van der Waals surface area contributed by atoms with Crippen LogP contribution < -0.4 is 10.1 Å². The van der Waals surface area contributed by atoms with Crippen molar-refractivity contribution in [2.24, 2.45) is 0 Å². The lowest BCUT2D eigenvalue weighted by Gasteiger charge is -2.29. The number of hydrogen-bond acceptors (Lipinski definition) is 5. The summed E-state index contributed by atoms with van der Waals surface area (Å²) < 4.78 is 20.8. The van der Waals surface area contributed by atoms with Crippen LogP contribution in [0.1, 0.15) is 23.6 Å². The van der Waals surface area contributed by atoms with Gasteiger partial charge in [0.05, 0.1) is 12.4 Å². The van der Waals surface area contributed by atoms with E-state index in [1.54, 1.807) is 18.5 Å². The number of rotatable bonds is 4. The maximum atomic E-state index is 14.5. The summed E-state index contributed by atoms with van der Waals surface area (Å²) in [4.78, 5) is 15.8. The molecule has 0 radical (unpaired) electrons. The number of H-pyrrole nitrogens is 1. The van der Waals surface area contributed by atoms with E-state index >= 15 is 0 Å². The molecule has 0 saturated heterocycles. The molecule has 2 aromatic carbocycles. The molecule has 150 valence electrons. The Bertz CT molecular complexity index is 1280. The highest BCUT2D eigenvalue weighted by Gasteiger charge is 2.28. The van der Waals surface area contributed by atoms with Gasteiger partial charge in [0.1, 0.15) is 29.2 Å². The van der Waals surface area contributed by atoms with Crippen LogP contribution in [-0.2, 0) is 6.42 Å². The van der Waals surface area contributed by atoms with Crippen molar-refractivity contribution in [1.82, 2.24) is 19.9 Å². The van der Waals surface area contributed by atoms with Crippen molar-refractivity contribution < 1.29 is 9.13 Å². The Hall–Kier alpha value is -3.74. The Morgan fingerprint density at radius 2 is 1.97 bits per heavy atom. The minimum Gasteiger partial charge on any atom is -0.459 e. The first-order valence-corrected chi connectivity index (χ1v) is 9.76. The van der Waals surface area contributed by atoms with Gasteiger partial charge in [-0.3, -0.25) is 0 Å². The summed E-state index contributed by atoms with van der Waals surface area (Å²) >= 11 is 0. The molecule has 1 unspecified atom stereocenters. The molecule has 5 rings (SSSR count). The number of imidazole rings is 1. The second-order valence-electron chi connectivity index (χ2n) is 7.34. The summed E-state index contributed by atoms with van der Waals surface area (Å²) in [5.74, 6) is 1.67. The third-order valence-electron chi connectivity index (χ3n) is 5.39. The van der Waals surface area contributed by atoms with E-state index in [0.29, 0.717) is 29.2 Å². The smallest absolute Gasteiger partial charge is 0.182 e. The number of nitrogens with zero attached hydrogens (tertiary/aromatic N) is 3. The summed E-state index contributed by atoms with van der Waals surface area (Å²) in [5, 5.41) is 3.41. The number of aromatic nitrogens is 4. The van der Waals surface area contributed by atoms with Crippen LogP contribution in [0.4, 0.5) is 10.2 Å². The Morgan fingerprint density at radius 3 is 2.83 bits per heavy atom. The van der Waals surface area contributed by atoms with E-state index in [9.17, 15) is 4.39 Å². The predicted molar refractivity (Wildman–Crippen MR) is 114 cm³/mol. The molecule has 2 N–H and O–H groups in total. The highest BCUT2D eigenvalue weighted by atomic mass is 19.1. The van der Waals surface area contributed by atoms with E-state index in [1.165, 1.54) is 12.4 Å². The second-order valence-corrected chi connectivity index (χ2v) is 7.34. The molecule has 4 aromatic rings. The lowest BCUT2D eigenvalue weighted by atomic mass is 9.90. The lowest BCUT2D eigenvalue weighted by molar-refractivity contribution is 0.382. The fraction of sp³-hybridized carbons (Fsp3) is 0.174. The number of hydrogen-bond donors (Lipinski definition) is 2. The number of benzene rings is 2. The monoisotopic (exact) mass is 401 g/mol. The first-order chi connectivity index (χ1) is 14.6. The molecular formula is C23H20FN5O. The minimum absolute atomic E-state index is 0.225. The summed E-state index contributed by atoms with van der Waals surface area (Å²) in [6, 6.07) is 12.8. The van der Waals surface area contributed by atoms with Crippen LogP contribution in [0.25, 0.3) is 16.7 Å². The van der Waals surface area contributed by atoms with E-state index in [4.69, 9.17) is 4.74 Å². The van der Waals surface area contributed by atoms with Crippen molar-refractivity contribution in [1.29, 1.82) is 0 Å². The number of anilines is 1. The van der Waals surface area contributed by atoms with E-state index in [-0.39, 0.29) is 11.9 Å². The number of aromatic amines is 1. The summed E-state index contributed by atoms with van der Waals surface area (Å²) in [7, 11) is 0. The molecule has 0 saturated carbocycles. The number of nitrogens with one attached hydrogen (secondary N) is 2. The van der Waals surface area contributed by atoms with E-state index in [1.807, 2.05) is 38.1 Å². The van der Waals surface area contributed by atoms with Crippen molar-refractivity contribution in [3.63, 3.8) is 0 Å².